The van der Waals surface area contributed by atoms with E-state index in [4.69, 9.17) is 0 Å². The van der Waals surface area contributed by atoms with Crippen molar-refractivity contribution in [2.45, 2.75) is 51.8 Å². The number of aliphatic hydroxyl groups is 1. The summed E-state index contributed by atoms with van der Waals surface area (Å²) >= 11 is 0. The van der Waals surface area contributed by atoms with Crippen LogP contribution < -0.4 is 5.32 Å². The first-order chi connectivity index (χ1) is 12.1. The molecule has 5 nitrogen and oxygen atoms in total. The van der Waals surface area contributed by atoms with Gasteiger partial charge in [0.05, 0.1) is 6.10 Å². The third-order valence-electron chi connectivity index (χ3n) is 5.43. The molecule has 3 rings (SSSR count). The number of likely N-dealkylation sites (tertiary alicyclic amines) is 2. The van der Waals surface area contributed by atoms with Crippen molar-refractivity contribution in [1.82, 2.24) is 15.1 Å². The quantitative estimate of drug-likeness (QED) is 0.882. The molecular formula is C20H31N3O2. The van der Waals surface area contributed by atoms with Crippen LogP contribution in [0, 0.1) is 5.92 Å². The Labute approximate surface area is 151 Å². The number of urea groups is 1. The van der Waals surface area contributed by atoms with Gasteiger partial charge in [0.25, 0.3) is 0 Å². The van der Waals surface area contributed by atoms with E-state index in [2.05, 4.69) is 41.4 Å². The van der Waals surface area contributed by atoms with E-state index >= 15 is 0 Å². The topological polar surface area (TPSA) is 55.8 Å². The predicted octanol–water partition coefficient (Wildman–Crippen LogP) is 2.58. The number of piperidine rings is 2. The largest absolute Gasteiger partial charge is 0.391 e. The van der Waals surface area contributed by atoms with Crippen LogP contribution in [0.1, 0.15) is 43.7 Å². The molecule has 2 fully saturated rings. The van der Waals surface area contributed by atoms with Crippen molar-refractivity contribution < 1.29 is 9.90 Å². The molecule has 0 aromatic heterocycles. The Balaban J connectivity index is 1.43. The maximum atomic E-state index is 12.2. The van der Waals surface area contributed by atoms with Gasteiger partial charge in [0.15, 0.2) is 0 Å². The molecule has 0 spiro atoms. The summed E-state index contributed by atoms with van der Waals surface area (Å²) in [7, 11) is 0. The number of carbonyl (C=O) groups is 1. The van der Waals surface area contributed by atoms with E-state index in [1.165, 1.54) is 31.5 Å². The number of carbonyl (C=O) groups excluding carboxylic acids is 1. The highest BCUT2D eigenvalue weighted by Crippen LogP contribution is 2.18. The van der Waals surface area contributed by atoms with Crippen LogP contribution in [0.15, 0.2) is 24.3 Å². The second-order valence-electron chi connectivity index (χ2n) is 7.68. The Hall–Kier alpha value is -1.59. The van der Waals surface area contributed by atoms with Gasteiger partial charge in [0.2, 0.25) is 0 Å². The molecule has 5 heteroatoms. The van der Waals surface area contributed by atoms with Crippen molar-refractivity contribution >= 4 is 6.03 Å². The SMILES string of the molecule is CC1CCN(Cc2ccc(CNC(=O)N3CCCC(O)C3)cc2)CC1. The number of nitrogens with zero attached hydrogens (tertiary/aromatic N) is 2. The zero-order valence-electron chi connectivity index (χ0n) is 15.3. The summed E-state index contributed by atoms with van der Waals surface area (Å²) in [5.74, 6) is 0.864. The average Bonchev–Trinajstić information content (AvgIpc) is 2.63. The van der Waals surface area contributed by atoms with Crippen LogP contribution in [0.4, 0.5) is 4.79 Å². The number of β-amino-alcohol motifs (C(OH)–C–C–N with tert-alkyl or cyclic N) is 1. The smallest absolute Gasteiger partial charge is 0.317 e. The summed E-state index contributed by atoms with van der Waals surface area (Å²) in [6.45, 7) is 7.46. The first kappa shape index (κ1) is 18.2. The highest BCUT2D eigenvalue weighted by Gasteiger charge is 2.21. The second kappa shape index (κ2) is 8.68. The van der Waals surface area contributed by atoms with Crippen LogP contribution in [-0.4, -0.2) is 53.2 Å². The summed E-state index contributed by atoms with van der Waals surface area (Å²) in [5.41, 5.74) is 2.45. The van der Waals surface area contributed by atoms with Gasteiger partial charge in [0.1, 0.15) is 0 Å². The van der Waals surface area contributed by atoms with E-state index in [0.717, 1.165) is 37.4 Å². The maximum absolute atomic E-state index is 12.2. The van der Waals surface area contributed by atoms with Gasteiger partial charge >= 0.3 is 6.03 Å². The number of amides is 2. The van der Waals surface area contributed by atoms with E-state index in [1.807, 2.05) is 0 Å². The van der Waals surface area contributed by atoms with Crippen molar-refractivity contribution in [1.29, 1.82) is 0 Å². The monoisotopic (exact) mass is 345 g/mol. The van der Waals surface area contributed by atoms with Crippen LogP contribution in [0.2, 0.25) is 0 Å². The van der Waals surface area contributed by atoms with E-state index < -0.39 is 0 Å². The Morgan fingerprint density at radius 3 is 2.48 bits per heavy atom. The van der Waals surface area contributed by atoms with Crippen molar-refractivity contribution in [2.75, 3.05) is 26.2 Å². The lowest BCUT2D eigenvalue weighted by Crippen LogP contribution is -2.46. The second-order valence-corrected chi connectivity index (χ2v) is 7.68. The van der Waals surface area contributed by atoms with E-state index in [9.17, 15) is 9.90 Å². The average molecular weight is 345 g/mol. The minimum Gasteiger partial charge on any atom is -0.391 e. The van der Waals surface area contributed by atoms with Crippen LogP contribution in [-0.2, 0) is 13.1 Å². The molecule has 2 N–H and O–H groups in total. The summed E-state index contributed by atoms with van der Waals surface area (Å²) < 4.78 is 0. The molecule has 0 radical (unpaired) electrons. The highest BCUT2D eigenvalue weighted by atomic mass is 16.3. The summed E-state index contributed by atoms with van der Waals surface area (Å²) in [6, 6.07) is 8.47. The van der Waals surface area contributed by atoms with Crippen molar-refractivity contribution in [3.05, 3.63) is 35.4 Å². The minimum atomic E-state index is -0.378. The van der Waals surface area contributed by atoms with Gasteiger partial charge in [-0.1, -0.05) is 31.2 Å². The molecule has 2 amide bonds. The molecule has 25 heavy (non-hydrogen) atoms. The number of nitrogens with one attached hydrogen (secondary N) is 1. The van der Waals surface area contributed by atoms with Crippen LogP contribution >= 0.6 is 0 Å². The zero-order chi connectivity index (χ0) is 17.6. The molecule has 0 saturated carbocycles. The fourth-order valence-corrected chi connectivity index (χ4v) is 3.67. The van der Waals surface area contributed by atoms with Crippen molar-refractivity contribution in [2.24, 2.45) is 5.92 Å². The van der Waals surface area contributed by atoms with Crippen LogP contribution in [0.3, 0.4) is 0 Å². The first-order valence-electron chi connectivity index (χ1n) is 9.61. The molecule has 0 aliphatic carbocycles. The maximum Gasteiger partial charge on any atom is 0.317 e. The fraction of sp³-hybridized carbons (Fsp3) is 0.650. The molecule has 138 valence electrons. The number of hydrogen-bond donors (Lipinski definition) is 2. The predicted molar refractivity (Wildman–Crippen MR) is 99.2 cm³/mol. The third kappa shape index (κ3) is 5.44. The van der Waals surface area contributed by atoms with Gasteiger partial charge < -0.3 is 15.3 Å². The molecule has 1 atom stereocenters. The van der Waals surface area contributed by atoms with E-state index in [0.29, 0.717) is 13.1 Å². The number of rotatable bonds is 4. The molecule has 2 aliphatic heterocycles. The van der Waals surface area contributed by atoms with Gasteiger partial charge in [-0.15, -0.1) is 0 Å². The summed E-state index contributed by atoms with van der Waals surface area (Å²) in [5, 5.41) is 12.6. The zero-order valence-corrected chi connectivity index (χ0v) is 15.3. The number of hydrogen-bond acceptors (Lipinski definition) is 3. The summed E-state index contributed by atoms with van der Waals surface area (Å²) in [4.78, 5) is 16.4. The number of aliphatic hydroxyl groups excluding tert-OH is 1. The molecule has 1 unspecified atom stereocenters. The van der Waals surface area contributed by atoms with Crippen molar-refractivity contribution in [3.63, 3.8) is 0 Å². The fourth-order valence-electron chi connectivity index (χ4n) is 3.67. The Kier molecular flexibility index (Phi) is 6.32. The summed E-state index contributed by atoms with van der Waals surface area (Å²) in [6.07, 6.45) is 3.89. The first-order valence-corrected chi connectivity index (χ1v) is 9.61. The van der Waals surface area contributed by atoms with Gasteiger partial charge in [0, 0.05) is 26.2 Å². The molecular weight excluding hydrogens is 314 g/mol. The van der Waals surface area contributed by atoms with Crippen LogP contribution in [0.25, 0.3) is 0 Å². The molecule has 2 saturated heterocycles. The van der Waals surface area contributed by atoms with Gasteiger partial charge in [-0.25, -0.2) is 4.79 Å². The van der Waals surface area contributed by atoms with Gasteiger partial charge in [-0.05, 0) is 55.8 Å². The van der Waals surface area contributed by atoms with Crippen molar-refractivity contribution in [3.8, 4) is 0 Å². The van der Waals surface area contributed by atoms with Gasteiger partial charge in [-0.2, -0.15) is 0 Å². The molecule has 2 aliphatic rings. The standard InChI is InChI=1S/C20H31N3O2/c1-16-8-11-22(12-9-16)14-18-6-4-17(5-7-18)13-21-20(25)23-10-2-3-19(24)15-23/h4-7,16,19,24H,2-3,8-15H2,1H3,(H,21,25). The Bertz CT molecular complexity index is 553. The molecule has 1 aromatic rings. The normalized spacial score (nSPS) is 22.8. The Morgan fingerprint density at radius 2 is 1.80 bits per heavy atom. The molecule has 0 bridgehead atoms. The molecule has 1 aromatic carbocycles. The lowest BCUT2D eigenvalue weighted by Gasteiger charge is -2.30. The highest BCUT2D eigenvalue weighted by molar-refractivity contribution is 5.74. The lowest BCUT2D eigenvalue weighted by atomic mass is 9.99. The van der Waals surface area contributed by atoms with E-state index in [1.54, 1.807) is 4.90 Å². The molecule has 2 heterocycles. The van der Waals surface area contributed by atoms with Gasteiger partial charge in [-0.3, -0.25) is 4.90 Å². The third-order valence-corrected chi connectivity index (χ3v) is 5.43. The number of benzene rings is 1. The minimum absolute atomic E-state index is 0.0785. The van der Waals surface area contributed by atoms with E-state index in [-0.39, 0.29) is 12.1 Å². The van der Waals surface area contributed by atoms with Crippen LogP contribution in [0.5, 0.6) is 0 Å². The lowest BCUT2D eigenvalue weighted by molar-refractivity contribution is 0.0842. The Morgan fingerprint density at radius 1 is 1.12 bits per heavy atom.